The topological polar surface area (TPSA) is 45.7 Å². The third-order valence-corrected chi connectivity index (χ3v) is 4.09. The number of benzene rings is 1. The Balaban J connectivity index is 1.79. The van der Waals surface area contributed by atoms with Crippen molar-refractivity contribution in [1.29, 1.82) is 0 Å². The molecule has 2 rings (SSSR count). The molecule has 0 radical (unpaired) electrons. The number of hydrogen-bond donors (Lipinski definition) is 2. The third-order valence-electron chi connectivity index (χ3n) is 4.09. The third kappa shape index (κ3) is 6.75. The summed E-state index contributed by atoms with van der Waals surface area (Å²) < 4.78 is 5.34. The molecule has 4 heteroatoms. The normalized spacial score (nSPS) is 15.1. The van der Waals surface area contributed by atoms with E-state index >= 15 is 0 Å². The summed E-state index contributed by atoms with van der Waals surface area (Å²) in [4.78, 5) is 4.69. The van der Waals surface area contributed by atoms with E-state index in [1.807, 2.05) is 0 Å². The Labute approximate surface area is 146 Å². The molecule has 0 unspecified atom stereocenters. The van der Waals surface area contributed by atoms with Crippen LogP contribution in [0, 0.1) is 13.8 Å². The molecule has 0 bridgehead atoms. The van der Waals surface area contributed by atoms with Crippen LogP contribution in [0.3, 0.4) is 0 Å². The van der Waals surface area contributed by atoms with Crippen molar-refractivity contribution in [1.82, 2.24) is 10.6 Å². The molecule has 0 saturated heterocycles. The van der Waals surface area contributed by atoms with Crippen molar-refractivity contribution < 1.29 is 4.74 Å². The van der Waals surface area contributed by atoms with E-state index in [-0.39, 0.29) is 0 Å². The van der Waals surface area contributed by atoms with Gasteiger partial charge in [-0.3, -0.25) is 4.99 Å². The molecule has 4 nitrogen and oxygen atoms in total. The van der Waals surface area contributed by atoms with Gasteiger partial charge >= 0.3 is 0 Å². The molecule has 0 atom stereocenters. The van der Waals surface area contributed by atoms with Crippen LogP contribution >= 0.6 is 0 Å². The zero-order valence-electron chi connectivity index (χ0n) is 15.3. The number of hydrogen-bond acceptors (Lipinski definition) is 2. The van der Waals surface area contributed by atoms with Crippen LogP contribution in [-0.4, -0.2) is 38.8 Å². The summed E-state index contributed by atoms with van der Waals surface area (Å²) in [6.45, 7) is 10.6. The molecule has 24 heavy (non-hydrogen) atoms. The Bertz CT molecular complexity index is 558. The second kappa shape index (κ2) is 10.1. The van der Waals surface area contributed by atoms with Gasteiger partial charge in [-0.2, -0.15) is 0 Å². The molecule has 0 saturated carbocycles. The van der Waals surface area contributed by atoms with Gasteiger partial charge in [-0.05, 0) is 45.6 Å². The van der Waals surface area contributed by atoms with Crippen molar-refractivity contribution in [2.24, 2.45) is 4.99 Å². The van der Waals surface area contributed by atoms with Crippen LogP contribution in [0.1, 0.15) is 36.5 Å². The molecule has 0 aliphatic carbocycles. The first-order chi connectivity index (χ1) is 11.7. The van der Waals surface area contributed by atoms with Gasteiger partial charge in [0.2, 0.25) is 0 Å². The molecule has 0 amide bonds. The highest BCUT2D eigenvalue weighted by molar-refractivity contribution is 5.79. The predicted molar refractivity (Wildman–Crippen MR) is 102 cm³/mol. The maximum Gasteiger partial charge on any atom is 0.191 e. The van der Waals surface area contributed by atoms with Gasteiger partial charge in [0.1, 0.15) is 0 Å². The summed E-state index contributed by atoms with van der Waals surface area (Å²) in [5.41, 5.74) is 5.50. The van der Waals surface area contributed by atoms with Crippen LogP contribution in [0.25, 0.3) is 0 Å². The monoisotopic (exact) mass is 329 g/mol. The van der Waals surface area contributed by atoms with Crippen molar-refractivity contribution in [3.8, 4) is 0 Å². The van der Waals surface area contributed by atoms with Gasteiger partial charge in [0.15, 0.2) is 5.96 Å². The molecular formula is C20H31N3O. The molecule has 0 aromatic heterocycles. The Morgan fingerprint density at radius 2 is 1.92 bits per heavy atom. The zero-order valence-corrected chi connectivity index (χ0v) is 15.3. The molecule has 1 aliphatic heterocycles. The predicted octanol–water partition coefficient (Wildman–Crippen LogP) is 3.14. The van der Waals surface area contributed by atoms with Gasteiger partial charge in [0, 0.05) is 19.6 Å². The molecule has 1 aromatic carbocycles. The molecule has 2 N–H and O–H groups in total. The lowest BCUT2D eigenvalue weighted by molar-refractivity contribution is 0.153. The van der Waals surface area contributed by atoms with Gasteiger partial charge in [0.05, 0.1) is 13.2 Å². The van der Waals surface area contributed by atoms with E-state index in [1.165, 1.54) is 22.3 Å². The van der Waals surface area contributed by atoms with Gasteiger partial charge in [-0.1, -0.05) is 41.0 Å². The number of ether oxygens (including phenoxy) is 1. The molecule has 0 fully saturated rings. The first kappa shape index (κ1) is 18.5. The van der Waals surface area contributed by atoms with E-state index in [4.69, 9.17) is 4.74 Å². The fraction of sp³-hybridized carbons (Fsp3) is 0.550. The smallest absolute Gasteiger partial charge is 0.191 e. The molecular weight excluding hydrogens is 298 g/mol. The van der Waals surface area contributed by atoms with Crippen molar-refractivity contribution in [3.63, 3.8) is 0 Å². The number of guanidine groups is 1. The maximum absolute atomic E-state index is 5.34. The zero-order chi connectivity index (χ0) is 17.2. The lowest BCUT2D eigenvalue weighted by Gasteiger charge is -2.14. The van der Waals surface area contributed by atoms with E-state index in [0.29, 0.717) is 0 Å². The maximum atomic E-state index is 5.34. The Morgan fingerprint density at radius 3 is 2.58 bits per heavy atom. The van der Waals surface area contributed by atoms with E-state index in [2.05, 4.69) is 60.7 Å². The van der Waals surface area contributed by atoms with Gasteiger partial charge < -0.3 is 15.4 Å². The summed E-state index contributed by atoms with van der Waals surface area (Å²) in [6, 6.07) is 6.74. The highest BCUT2D eigenvalue weighted by atomic mass is 16.5. The number of nitrogens with zero attached hydrogens (tertiary/aromatic N) is 1. The first-order valence-electron chi connectivity index (χ1n) is 9.02. The minimum atomic E-state index is 0.757. The van der Waals surface area contributed by atoms with Crippen LogP contribution in [0.15, 0.2) is 34.8 Å². The lowest BCUT2D eigenvalue weighted by atomic mass is 10.1. The molecule has 1 aromatic rings. The highest BCUT2D eigenvalue weighted by Gasteiger charge is 2.04. The van der Waals surface area contributed by atoms with E-state index in [1.54, 1.807) is 0 Å². The minimum absolute atomic E-state index is 0.757. The van der Waals surface area contributed by atoms with Crippen LogP contribution < -0.4 is 10.6 Å². The summed E-state index contributed by atoms with van der Waals surface area (Å²) in [5.74, 6) is 0.912. The largest absolute Gasteiger partial charge is 0.377 e. The van der Waals surface area contributed by atoms with E-state index in [9.17, 15) is 0 Å². The Hall–Kier alpha value is -1.81. The summed E-state index contributed by atoms with van der Waals surface area (Å²) in [5, 5.41) is 6.76. The van der Waals surface area contributed by atoms with Gasteiger partial charge in [-0.15, -0.1) is 0 Å². The Morgan fingerprint density at radius 1 is 1.12 bits per heavy atom. The van der Waals surface area contributed by atoms with Crippen molar-refractivity contribution in [2.45, 2.75) is 40.0 Å². The van der Waals surface area contributed by atoms with Crippen LogP contribution in [-0.2, 0) is 11.2 Å². The van der Waals surface area contributed by atoms with Gasteiger partial charge in [-0.25, -0.2) is 0 Å². The lowest BCUT2D eigenvalue weighted by Crippen LogP contribution is -2.38. The fourth-order valence-corrected chi connectivity index (χ4v) is 2.98. The standard InChI is InChI=1S/C20H31N3O/c1-4-21-20(22-9-5-18-7-11-24-12-8-18)23-10-6-19-14-16(2)13-17(3)15-19/h7,13-15H,4-6,8-12H2,1-3H3,(H2,21,22,23). The van der Waals surface area contributed by atoms with E-state index < -0.39 is 0 Å². The Kier molecular flexibility index (Phi) is 7.83. The first-order valence-corrected chi connectivity index (χ1v) is 9.02. The number of aryl methyl sites for hydroxylation is 2. The second-order valence-electron chi connectivity index (χ2n) is 6.37. The summed E-state index contributed by atoms with van der Waals surface area (Å²) in [7, 11) is 0. The molecule has 0 spiro atoms. The molecule has 1 aliphatic rings. The quantitative estimate of drug-likeness (QED) is 0.459. The van der Waals surface area contributed by atoms with Crippen LogP contribution in [0.4, 0.5) is 0 Å². The minimum Gasteiger partial charge on any atom is -0.377 e. The fourth-order valence-electron chi connectivity index (χ4n) is 2.98. The van der Waals surface area contributed by atoms with Crippen LogP contribution in [0.2, 0.25) is 0 Å². The number of rotatable bonds is 7. The summed E-state index contributed by atoms with van der Waals surface area (Å²) >= 11 is 0. The van der Waals surface area contributed by atoms with Crippen molar-refractivity contribution in [2.75, 3.05) is 32.8 Å². The number of aliphatic imine (C=N–C) groups is 1. The molecule has 1 heterocycles. The number of nitrogens with one attached hydrogen (secondary N) is 2. The highest BCUT2D eigenvalue weighted by Crippen LogP contribution is 2.11. The SMILES string of the molecule is CCNC(=NCCC1=CCOCC1)NCCc1cc(C)cc(C)c1. The summed E-state index contributed by atoms with van der Waals surface area (Å²) in [6.07, 6.45) is 5.28. The molecule has 132 valence electrons. The van der Waals surface area contributed by atoms with Crippen LogP contribution in [0.5, 0.6) is 0 Å². The second-order valence-corrected chi connectivity index (χ2v) is 6.37. The van der Waals surface area contributed by atoms with Crippen molar-refractivity contribution in [3.05, 3.63) is 46.5 Å². The average Bonchev–Trinajstić information content (AvgIpc) is 2.55. The van der Waals surface area contributed by atoms with Gasteiger partial charge in [0.25, 0.3) is 0 Å². The van der Waals surface area contributed by atoms with E-state index in [0.717, 1.165) is 58.1 Å². The van der Waals surface area contributed by atoms with Crippen molar-refractivity contribution >= 4 is 5.96 Å². The average molecular weight is 329 g/mol.